The van der Waals surface area contributed by atoms with Gasteiger partial charge in [-0.15, -0.1) is 0 Å². The molecule has 144 valence electrons. The van der Waals surface area contributed by atoms with E-state index in [-0.39, 0.29) is 11.8 Å². The van der Waals surface area contributed by atoms with Gasteiger partial charge in [-0.3, -0.25) is 4.79 Å². The average Bonchev–Trinajstić information content (AvgIpc) is 3.17. The van der Waals surface area contributed by atoms with Crippen molar-refractivity contribution in [1.82, 2.24) is 5.32 Å². The maximum Gasteiger partial charge on any atom is 0.221 e. The van der Waals surface area contributed by atoms with E-state index >= 15 is 0 Å². The van der Waals surface area contributed by atoms with Crippen molar-refractivity contribution in [3.8, 4) is 0 Å². The summed E-state index contributed by atoms with van der Waals surface area (Å²) in [6, 6.07) is 12.5. The molecule has 1 atom stereocenters. The van der Waals surface area contributed by atoms with E-state index in [1.54, 1.807) is 0 Å². The zero-order chi connectivity index (χ0) is 19.4. The number of carbonyl (C=O) groups is 1. The molecule has 0 aromatic heterocycles. The molecule has 1 heterocycles. The standard InChI is InChI=1S/C22H28ClN3O/c1-15-20(12-19(13-22(15)23)26-10-4-5-11-26)21(14-24-3)17-6-8-18(9-7-17)25-16(2)27/h6-9,12-13,21,24H,4-5,10-11,14H2,1-3H3,(H,25,27). The molecular formula is C22H28ClN3O. The topological polar surface area (TPSA) is 44.4 Å². The minimum atomic E-state index is -0.0598. The Kier molecular flexibility index (Phi) is 6.40. The molecule has 27 heavy (non-hydrogen) atoms. The lowest BCUT2D eigenvalue weighted by atomic mass is 9.87. The number of hydrogen-bond donors (Lipinski definition) is 2. The Morgan fingerprint density at radius 1 is 1.19 bits per heavy atom. The Balaban J connectivity index is 1.97. The van der Waals surface area contributed by atoms with Crippen LogP contribution in [0.3, 0.4) is 0 Å². The summed E-state index contributed by atoms with van der Waals surface area (Å²) in [5.74, 6) is 0.136. The van der Waals surface area contributed by atoms with Crippen LogP contribution < -0.4 is 15.5 Å². The van der Waals surface area contributed by atoms with E-state index in [1.807, 2.05) is 19.2 Å². The lowest BCUT2D eigenvalue weighted by Crippen LogP contribution is -2.21. The van der Waals surface area contributed by atoms with Crippen molar-refractivity contribution in [2.75, 3.05) is 36.9 Å². The largest absolute Gasteiger partial charge is 0.371 e. The van der Waals surface area contributed by atoms with E-state index in [2.05, 4.69) is 46.7 Å². The van der Waals surface area contributed by atoms with Gasteiger partial charge in [-0.1, -0.05) is 23.7 Å². The van der Waals surface area contributed by atoms with Crippen LogP contribution in [0.15, 0.2) is 36.4 Å². The summed E-state index contributed by atoms with van der Waals surface area (Å²) in [5, 5.41) is 6.97. The number of halogens is 1. The van der Waals surface area contributed by atoms with Crippen molar-refractivity contribution in [2.24, 2.45) is 0 Å². The molecular weight excluding hydrogens is 358 g/mol. The van der Waals surface area contributed by atoms with Gasteiger partial charge >= 0.3 is 0 Å². The third kappa shape index (κ3) is 4.63. The van der Waals surface area contributed by atoms with E-state index in [0.29, 0.717) is 0 Å². The second kappa shape index (κ2) is 8.77. The van der Waals surface area contributed by atoms with Crippen molar-refractivity contribution in [1.29, 1.82) is 0 Å². The predicted octanol–water partition coefficient (Wildman–Crippen LogP) is 4.56. The van der Waals surface area contributed by atoms with Crippen LogP contribution in [0, 0.1) is 6.92 Å². The summed E-state index contributed by atoms with van der Waals surface area (Å²) < 4.78 is 0. The van der Waals surface area contributed by atoms with Gasteiger partial charge in [-0.2, -0.15) is 0 Å². The van der Waals surface area contributed by atoms with E-state index in [1.165, 1.54) is 36.6 Å². The molecule has 1 unspecified atom stereocenters. The van der Waals surface area contributed by atoms with Gasteiger partial charge < -0.3 is 15.5 Å². The minimum Gasteiger partial charge on any atom is -0.371 e. The van der Waals surface area contributed by atoms with E-state index in [9.17, 15) is 4.79 Å². The van der Waals surface area contributed by atoms with Crippen LogP contribution in [0.1, 0.15) is 42.4 Å². The first-order valence-corrected chi connectivity index (χ1v) is 9.94. The Morgan fingerprint density at radius 2 is 1.85 bits per heavy atom. The highest BCUT2D eigenvalue weighted by molar-refractivity contribution is 6.31. The monoisotopic (exact) mass is 385 g/mol. The molecule has 2 N–H and O–H groups in total. The molecule has 2 aromatic rings. The second-order valence-electron chi connectivity index (χ2n) is 7.25. The molecule has 5 heteroatoms. The van der Waals surface area contributed by atoms with Gasteiger partial charge in [0.1, 0.15) is 0 Å². The summed E-state index contributed by atoms with van der Waals surface area (Å²) in [7, 11) is 1.97. The molecule has 2 aromatic carbocycles. The van der Waals surface area contributed by atoms with Crippen molar-refractivity contribution in [3.05, 3.63) is 58.1 Å². The first kappa shape index (κ1) is 19.7. The summed E-state index contributed by atoms with van der Waals surface area (Å²) in [6.45, 7) is 6.63. The van der Waals surface area contributed by atoms with Crippen LogP contribution in [0.5, 0.6) is 0 Å². The lowest BCUT2D eigenvalue weighted by molar-refractivity contribution is -0.114. The Morgan fingerprint density at radius 3 is 2.44 bits per heavy atom. The molecule has 1 amide bonds. The van der Waals surface area contributed by atoms with Crippen molar-refractivity contribution in [2.45, 2.75) is 32.6 Å². The number of likely N-dealkylation sites (N-methyl/N-ethyl adjacent to an activating group) is 1. The first-order valence-electron chi connectivity index (χ1n) is 9.56. The van der Waals surface area contributed by atoms with Crippen LogP contribution in [0.4, 0.5) is 11.4 Å². The van der Waals surface area contributed by atoms with E-state index in [0.717, 1.165) is 35.9 Å². The van der Waals surface area contributed by atoms with Gasteiger partial charge in [0.15, 0.2) is 0 Å². The third-order valence-electron chi connectivity index (χ3n) is 5.26. The number of anilines is 2. The number of rotatable bonds is 6. The fourth-order valence-corrected chi connectivity index (χ4v) is 4.04. The minimum absolute atomic E-state index is 0.0598. The molecule has 1 aliphatic heterocycles. The number of amides is 1. The molecule has 4 nitrogen and oxygen atoms in total. The summed E-state index contributed by atoms with van der Waals surface area (Å²) >= 11 is 6.62. The Labute approximate surface area is 166 Å². The smallest absolute Gasteiger partial charge is 0.221 e. The van der Waals surface area contributed by atoms with Gasteiger partial charge in [0.05, 0.1) is 0 Å². The van der Waals surface area contributed by atoms with Crippen LogP contribution >= 0.6 is 11.6 Å². The average molecular weight is 386 g/mol. The number of hydrogen-bond acceptors (Lipinski definition) is 3. The summed E-state index contributed by atoms with van der Waals surface area (Å²) in [5.41, 5.74) is 5.62. The Bertz CT molecular complexity index is 798. The number of benzene rings is 2. The fraction of sp³-hybridized carbons (Fsp3) is 0.409. The van der Waals surface area contributed by atoms with Crippen LogP contribution in [-0.2, 0) is 4.79 Å². The molecule has 1 saturated heterocycles. The molecule has 1 aliphatic rings. The van der Waals surface area contributed by atoms with Gasteiger partial charge in [0.2, 0.25) is 5.91 Å². The van der Waals surface area contributed by atoms with Crippen LogP contribution in [-0.4, -0.2) is 32.6 Å². The molecule has 0 aliphatic carbocycles. The molecule has 0 spiro atoms. The number of nitrogens with one attached hydrogen (secondary N) is 2. The van der Waals surface area contributed by atoms with E-state index < -0.39 is 0 Å². The van der Waals surface area contributed by atoms with Gasteiger partial charge in [-0.25, -0.2) is 0 Å². The van der Waals surface area contributed by atoms with Crippen molar-refractivity contribution < 1.29 is 4.79 Å². The molecule has 1 fully saturated rings. The summed E-state index contributed by atoms with van der Waals surface area (Å²) in [4.78, 5) is 13.7. The van der Waals surface area contributed by atoms with Gasteiger partial charge in [0.25, 0.3) is 0 Å². The zero-order valence-corrected chi connectivity index (χ0v) is 17.1. The normalized spacial score (nSPS) is 15.0. The number of carbonyl (C=O) groups excluding carboxylic acids is 1. The van der Waals surface area contributed by atoms with Crippen LogP contribution in [0.25, 0.3) is 0 Å². The van der Waals surface area contributed by atoms with E-state index in [4.69, 9.17) is 11.6 Å². The second-order valence-corrected chi connectivity index (χ2v) is 7.66. The lowest BCUT2D eigenvalue weighted by Gasteiger charge is -2.25. The molecule has 0 saturated carbocycles. The van der Waals surface area contributed by atoms with Gasteiger partial charge in [0, 0.05) is 48.9 Å². The molecule has 0 bridgehead atoms. The van der Waals surface area contributed by atoms with Crippen LogP contribution in [0.2, 0.25) is 5.02 Å². The SMILES string of the molecule is CNCC(c1ccc(NC(C)=O)cc1)c1cc(N2CCCC2)cc(Cl)c1C. The third-order valence-corrected chi connectivity index (χ3v) is 5.65. The Hall–Kier alpha value is -2.04. The number of nitrogens with zero attached hydrogens (tertiary/aromatic N) is 1. The highest BCUT2D eigenvalue weighted by Crippen LogP contribution is 2.35. The molecule has 3 rings (SSSR count). The summed E-state index contributed by atoms with van der Waals surface area (Å²) in [6.07, 6.45) is 2.48. The quantitative estimate of drug-likeness (QED) is 0.766. The predicted molar refractivity (Wildman–Crippen MR) is 114 cm³/mol. The highest BCUT2D eigenvalue weighted by atomic mass is 35.5. The first-order chi connectivity index (χ1) is 13.0. The fourth-order valence-electron chi connectivity index (χ4n) is 3.82. The van der Waals surface area contributed by atoms with Crippen molar-refractivity contribution >= 4 is 28.9 Å². The molecule has 0 radical (unpaired) electrons. The van der Waals surface area contributed by atoms with Crippen molar-refractivity contribution in [3.63, 3.8) is 0 Å². The zero-order valence-electron chi connectivity index (χ0n) is 16.3. The highest BCUT2D eigenvalue weighted by Gasteiger charge is 2.21. The van der Waals surface area contributed by atoms with Gasteiger partial charge in [-0.05, 0) is 67.8 Å². The maximum atomic E-state index is 11.3. The maximum absolute atomic E-state index is 11.3.